The topological polar surface area (TPSA) is 79.3 Å². The molecule has 2 aromatic rings. The Morgan fingerprint density at radius 1 is 1.16 bits per heavy atom. The van der Waals surface area contributed by atoms with E-state index in [0.717, 1.165) is 11.3 Å². The van der Waals surface area contributed by atoms with Gasteiger partial charge in [0.2, 0.25) is 5.91 Å². The first-order valence-electron chi connectivity index (χ1n) is 8.07. The molecule has 0 aliphatic carbocycles. The predicted molar refractivity (Wildman–Crippen MR) is 98.7 cm³/mol. The van der Waals surface area contributed by atoms with Gasteiger partial charge in [-0.15, -0.1) is 0 Å². The van der Waals surface area contributed by atoms with Gasteiger partial charge in [-0.25, -0.2) is 4.79 Å². The molecule has 2 rings (SSSR count). The Kier molecular flexibility index (Phi) is 5.46. The average molecular weight is 343 g/mol. The first-order valence-corrected chi connectivity index (χ1v) is 8.07. The Morgan fingerprint density at radius 2 is 1.84 bits per heavy atom. The smallest absolute Gasteiger partial charge is 0.323 e. The number of carbonyl (C=O) groups is 2. The molecule has 7 nitrogen and oxygen atoms in total. The summed E-state index contributed by atoms with van der Waals surface area (Å²) in [5.74, 6) is -0.0711. The minimum absolute atomic E-state index is 0.0711. The molecule has 0 unspecified atom stereocenters. The lowest BCUT2D eigenvalue weighted by molar-refractivity contribution is -0.129. The molecule has 0 atom stereocenters. The number of amides is 3. The molecule has 7 heteroatoms. The summed E-state index contributed by atoms with van der Waals surface area (Å²) in [5.41, 5.74) is 2.26. The van der Waals surface area contributed by atoms with Crippen LogP contribution in [-0.2, 0) is 16.8 Å². The number of urea groups is 1. The number of carbonyl (C=O) groups excluding carboxylic acids is 2. The SMILES string of the molecule is CN(C)C(=O)Cn1cc(NC(=O)Nc2ccccc2C(C)(C)C)cn1. The lowest BCUT2D eigenvalue weighted by Crippen LogP contribution is -2.26. The summed E-state index contributed by atoms with van der Waals surface area (Å²) in [6, 6.07) is 7.36. The van der Waals surface area contributed by atoms with Crippen molar-refractivity contribution in [2.45, 2.75) is 32.7 Å². The van der Waals surface area contributed by atoms with Crippen LogP contribution in [0.5, 0.6) is 0 Å². The van der Waals surface area contributed by atoms with Crippen LogP contribution in [0.3, 0.4) is 0 Å². The summed E-state index contributed by atoms with van der Waals surface area (Å²) in [7, 11) is 3.37. The number of benzene rings is 1. The van der Waals surface area contributed by atoms with Gasteiger partial charge in [0.15, 0.2) is 0 Å². The summed E-state index contributed by atoms with van der Waals surface area (Å²) in [6.45, 7) is 6.41. The average Bonchev–Trinajstić information content (AvgIpc) is 2.93. The summed E-state index contributed by atoms with van der Waals surface area (Å²) in [4.78, 5) is 25.4. The molecular weight excluding hydrogens is 318 g/mol. The van der Waals surface area contributed by atoms with Crippen molar-refractivity contribution in [1.82, 2.24) is 14.7 Å². The first kappa shape index (κ1) is 18.5. The van der Waals surface area contributed by atoms with Gasteiger partial charge < -0.3 is 15.5 Å². The molecule has 25 heavy (non-hydrogen) atoms. The van der Waals surface area contributed by atoms with Gasteiger partial charge in [0.25, 0.3) is 0 Å². The van der Waals surface area contributed by atoms with Gasteiger partial charge in [-0.1, -0.05) is 39.0 Å². The van der Waals surface area contributed by atoms with Crippen LogP contribution in [0.4, 0.5) is 16.2 Å². The quantitative estimate of drug-likeness (QED) is 0.896. The van der Waals surface area contributed by atoms with Crippen LogP contribution in [0.15, 0.2) is 36.7 Å². The van der Waals surface area contributed by atoms with Crippen molar-refractivity contribution < 1.29 is 9.59 Å². The summed E-state index contributed by atoms with van der Waals surface area (Å²) in [6.07, 6.45) is 3.13. The van der Waals surface area contributed by atoms with Crippen LogP contribution in [0, 0.1) is 0 Å². The Morgan fingerprint density at radius 3 is 2.48 bits per heavy atom. The molecule has 2 N–H and O–H groups in total. The van der Waals surface area contributed by atoms with E-state index in [1.165, 1.54) is 15.8 Å². The summed E-state index contributed by atoms with van der Waals surface area (Å²) in [5, 5.41) is 9.69. The van der Waals surface area contributed by atoms with E-state index in [0.29, 0.717) is 5.69 Å². The number of hydrogen-bond donors (Lipinski definition) is 2. The molecule has 0 aliphatic heterocycles. The fourth-order valence-corrected chi connectivity index (χ4v) is 2.33. The monoisotopic (exact) mass is 343 g/mol. The molecule has 3 amide bonds. The molecule has 0 spiro atoms. The Bertz CT molecular complexity index is 759. The van der Waals surface area contributed by atoms with Gasteiger partial charge in [-0.2, -0.15) is 5.10 Å². The number of aromatic nitrogens is 2. The van der Waals surface area contributed by atoms with Crippen molar-refractivity contribution in [3.05, 3.63) is 42.2 Å². The zero-order chi connectivity index (χ0) is 18.6. The van der Waals surface area contributed by atoms with E-state index < -0.39 is 0 Å². The fourth-order valence-electron chi connectivity index (χ4n) is 2.33. The standard InChI is InChI=1S/C18H25N5O2/c1-18(2,3)14-8-6-7-9-15(14)21-17(25)20-13-10-19-23(11-13)12-16(24)22(4)5/h6-11H,12H2,1-5H3,(H2,20,21,25). The lowest BCUT2D eigenvalue weighted by atomic mass is 9.86. The van der Waals surface area contributed by atoms with Crippen LogP contribution >= 0.6 is 0 Å². The third-order valence-electron chi connectivity index (χ3n) is 3.67. The van der Waals surface area contributed by atoms with E-state index >= 15 is 0 Å². The molecule has 0 saturated heterocycles. The van der Waals surface area contributed by atoms with Crippen LogP contribution in [0.1, 0.15) is 26.3 Å². The van der Waals surface area contributed by atoms with Gasteiger partial charge in [0.1, 0.15) is 6.54 Å². The second kappa shape index (κ2) is 7.38. The maximum Gasteiger partial charge on any atom is 0.323 e. The van der Waals surface area contributed by atoms with E-state index in [1.54, 1.807) is 20.3 Å². The van der Waals surface area contributed by atoms with Crippen LogP contribution in [-0.4, -0.2) is 40.7 Å². The van der Waals surface area contributed by atoms with Crippen molar-refractivity contribution in [3.63, 3.8) is 0 Å². The number of hydrogen-bond acceptors (Lipinski definition) is 3. The lowest BCUT2D eigenvalue weighted by Gasteiger charge is -2.22. The van der Waals surface area contributed by atoms with E-state index in [2.05, 4.69) is 36.5 Å². The van der Waals surface area contributed by atoms with E-state index in [4.69, 9.17) is 0 Å². The zero-order valence-electron chi connectivity index (χ0n) is 15.3. The van der Waals surface area contributed by atoms with Crippen molar-refractivity contribution in [2.24, 2.45) is 0 Å². The normalized spacial score (nSPS) is 11.1. The number of nitrogens with one attached hydrogen (secondary N) is 2. The maximum absolute atomic E-state index is 12.3. The third-order valence-corrected chi connectivity index (χ3v) is 3.67. The first-order chi connectivity index (χ1) is 11.7. The minimum atomic E-state index is -0.352. The molecule has 0 saturated carbocycles. The number of anilines is 2. The number of para-hydroxylation sites is 1. The van der Waals surface area contributed by atoms with Crippen LogP contribution < -0.4 is 10.6 Å². The zero-order valence-corrected chi connectivity index (χ0v) is 15.3. The van der Waals surface area contributed by atoms with Crippen molar-refractivity contribution >= 4 is 23.3 Å². The Labute approximate surface area is 148 Å². The molecule has 0 aliphatic rings. The number of rotatable bonds is 4. The van der Waals surface area contributed by atoms with Crippen molar-refractivity contribution in [3.8, 4) is 0 Å². The van der Waals surface area contributed by atoms with Gasteiger partial charge in [0, 0.05) is 26.0 Å². The molecule has 1 aromatic heterocycles. The highest BCUT2D eigenvalue weighted by Crippen LogP contribution is 2.29. The third kappa shape index (κ3) is 5.07. The van der Waals surface area contributed by atoms with Crippen molar-refractivity contribution in [1.29, 1.82) is 0 Å². The highest BCUT2D eigenvalue weighted by molar-refractivity contribution is 6.00. The van der Waals surface area contributed by atoms with Gasteiger partial charge in [0.05, 0.1) is 11.9 Å². The van der Waals surface area contributed by atoms with Crippen LogP contribution in [0.2, 0.25) is 0 Å². The molecule has 134 valence electrons. The summed E-state index contributed by atoms with van der Waals surface area (Å²) < 4.78 is 1.49. The summed E-state index contributed by atoms with van der Waals surface area (Å²) >= 11 is 0. The highest BCUT2D eigenvalue weighted by Gasteiger charge is 2.18. The van der Waals surface area contributed by atoms with Gasteiger partial charge in [-0.3, -0.25) is 9.48 Å². The number of nitrogens with zero attached hydrogens (tertiary/aromatic N) is 3. The Balaban J connectivity index is 2.02. The van der Waals surface area contributed by atoms with Crippen LogP contribution in [0.25, 0.3) is 0 Å². The second-order valence-corrected chi connectivity index (χ2v) is 7.09. The minimum Gasteiger partial charge on any atom is -0.347 e. The van der Waals surface area contributed by atoms with E-state index in [-0.39, 0.29) is 23.9 Å². The molecule has 1 heterocycles. The van der Waals surface area contributed by atoms with Crippen molar-refractivity contribution in [2.75, 3.05) is 24.7 Å². The van der Waals surface area contributed by atoms with E-state index in [1.807, 2.05) is 24.3 Å². The largest absolute Gasteiger partial charge is 0.347 e. The highest BCUT2D eigenvalue weighted by atomic mass is 16.2. The molecule has 0 fully saturated rings. The molecule has 0 bridgehead atoms. The Hall–Kier alpha value is -2.83. The van der Waals surface area contributed by atoms with Gasteiger partial charge >= 0.3 is 6.03 Å². The predicted octanol–water partition coefficient (Wildman–Crippen LogP) is 2.91. The molecular formula is C18H25N5O2. The second-order valence-electron chi connectivity index (χ2n) is 7.09. The maximum atomic E-state index is 12.3. The molecule has 0 radical (unpaired) electrons. The number of likely N-dealkylation sites (N-methyl/N-ethyl adjacent to an activating group) is 1. The van der Waals surface area contributed by atoms with E-state index in [9.17, 15) is 9.59 Å². The molecule has 1 aromatic carbocycles. The van der Waals surface area contributed by atoms with Gasteiger partial charge in [-0.05, 0) is 17.0 Å². The fraction of sp³-hybridized carbons (Fsp3) is 0.389.